The van der Waals surface area contributed by atoms with Crippen molar-refractivity contribution < 1.29 is 70.1 Å². The van der Waals surface area contributed by atoms with Crippen molar-refractivity contribution in [1.82, 2.24) is 0 Å². The van der Waals surface area contributed by atoms with Gasteiger partial charge in [-0.2, -0.15) is 0 Å². The third-order valence-electron chi connectivity index (χ3n) is 7.42. The van der Waals surface area contributed by atoms with Crippen molar-refractivity contribution in [2.75, 3.05) is 13.2 Å². The van der Waals surface area contributed by atoms with Gasteiger partial charge in [-0.25, -0.2) is 0 Å². The molecule has 2 aromatic carbocycles. The number of aliphatic hydroxyl groups is 7. The number of fused-ring (bicyclic) bond motifs is 1. The molecule has 0 aliphatic carbocycles. The van der Waals surface area contributed by atoms with Crippen LogP contribution in [0.25, 0.3) is 22.3 Å². The van der Waals surface area contributed by atoms with Gasteiger partial charge in [-0.1, -0.05) is 0 Å². The molecule has 3 aromatic rings. The summed E-state index contributed by atoms with van der Waals surface area (Å²) in [4.78, 5) is 13.4. The number of phenolic OH excluding ortho intramolecular Hbond substituents is 4. The van der Waals surface area contributed by atoms with Gasteiger partial charge in [0.15, 0.2) is 22.5 Å². The molecule has 0 spiro atoms. The summed E-state index contributed by atoms with van der Waals surface area (Å²) in [5.41, 5.74) is -2.64. The minimum atomic E-state index is -2.01. The van der Waals surface area contributed by atoms with Crippen LogP contribution in [0, 0.1) is 0 Å². The average molecular weight is 580 g/mol. The molecule has 41 heavy (non-hydrogen) atoms. The summed E-state index contributed by atoms with van der Waals surface area (Å²) in [6.07, 6.45) is -16.0. The Morgan fingerprint density at radius 3 is 2.10 bits per heavy atom. The molecule has 2 aliphatic heterocycles. The summed E-state index contributed by atoms with van der Waals surface area (Å²) in [6, 6.07) is 4.36. The molecule has 2 saturated heterocycles. The number of benzene rings is 2. The summed E-state index contributed by atoms with van der Waals surface area (Å²) in [5, 5.41) is 113. The van der Waals surface area contributed by atoms with Gasteiger partial charge in [0.05, 0.1) is 24.3 Å². The third-order valence-corrected chi connectivity index (χ3v) is 7.42. The van der Waals surface area contributed by atoms with E-state index in [2.05, 4.69) is 0 Å². The maximum atomic E-state index is 13.4. The Balaban J connectivity index is 1.81. The van der Waals surface area contributed by atoms with Crippen molar-refractivity contribution in [3.05, 3.63) is 45.6 Å². The maximum absolute atomic E-state index is 13.4. The second-order valence-electron chi connectivity index (χ2n) is 9.96. The van der Waals surface area contributed by atoms with E-state index in [0.29, 0.717) is 0 Å². The average Bonchev–Trinajstić information content (AvgIpc) is 2.93. The summed E-state index contributed by atoms with van der Waals surface area (Å²) < 4.78 is 16.8. The first-order valence-corrected chi connectivity index (χ1v) is 12.4. The zero-order valence-electron chi connectivity index (χ0n) is 21.0. The lowest BCUT2D eigenvalue weighted by molar-refractivity contribution is -0.232. The maximum Gasteiger partial charge on any atom is 0.197 e. The number of phenols is 4. The van der Waals surface area contributed by atoms with E-state index in [9.17, 15) is 61.0 Å². The molecule has 1 aromatic heterocycles. The van der Waals surface area contributed by atoms with Crippen LogP contribution < -0.4 is 5.43 Å². The zero-order chi connectivity index (χ0) is 29.9. The van der Waals surface area contributed by atoms with Gasteiger partial charge in [-0.05, 0) is 18.2 Å². The van der Waals surface area contributed by atoms with Crippen LogP contribution >= 0.6 is 0 Å². The zero-order valence-corrected chi connectivity index (χ0v) is 21.0. The Hall–Kier alpha value is -3.51. The highest BCUT2D eigenvalue weighted by atomic mass is 16.5. The molecule has 15 heteroatoms. The first kappa shape index (κ1) is 29.0. The molecule has 0 radical (unpaired) electrons. The molecule has 0 bridgehead atoms. The quantitative estimate of drug-likeness (QED) is 0.148. The van der Waals surface area contributed by atoms with Crippen LogP contribution in [0.5, 0.6) is 23.0 Å². The van der Waals surface area contributed by atoms with Crippen molar-refractivity contribution in [3.63, 3.8) is 0 Å². The van der Waals surface area contributed by atoms with Crippen LogP contribution in [0.1, 0.15) is 23.3 Å². The van der Waals surface area contributed by atoms with E-state index < -0.39 is 119 Å². The van der Waals surface area contributed by atoms with Crippen LogP contribution in [0.4, 0.5) is 0 Å². The molecule has 0 unspecified atom stereocenters. The largest absolute Gasteiger partial charge is 0.507 e. The van der Waals surface area contributed by atoms with Crippen molar-refractivity contribution >= 4 is 11.0 Å². The van der Waals surface area contributed by atoms with Gasteiger partial charge in [-0.3, -0.25) is 4.79 Å². The Bertz CT molecular complexity index is 1520. The lowest BCUT2D eigenvalue weighted by atomic mass is 9.85. The van der Waals surface area contributed by atoms with Gasteiger partial charge in [0, 0.05) is 11.6 Å². The van der Waals surface area contributed by atoms with Crippen molar-refractivity contribution in [1.29, 1.82) is 0 Å². The van der Waals surface area contributed by atoms with Gasteiger partial charge in [0.25, 0.3) is 0 Å². The van der Waals surface area contributed by atoms with Crippen molar-refractivity contribution in [2.24, 2.45) is 0 Å². The highest BCUT2D eigenvalue weighted by molar-refractivity contribution is 5.92. The number of aliphatic hydroxyl groups excluding tert-OH is 7. The molecule has 9 atom stereocenters. The fourth-order valence-corrected chi connectivity index (χ4v) is 5.16. The molecule has 2 aliphatic rings. The summed E-state index contributed by atoms with van der Waals surface area (Å²) >= 11 is 0. The van der Waals surface area contributed by atoms with Crippen molar-refractivity contribution in [3.8, 4) is 34.3 Å². The van der Waals surface area contributed by atoms with Crippen molar-refractivity contribution in [2.45, 2.75) is 54.9 Å². The van der Waals surface area contributed by atoms with Crippen LogP contribution in [-0.4, -0.2) is 112 Å². The lowest BCUT2D eigenvalue weighted by Gasteiger charge is -2.41. The van der Waals surface area contributed by atoms with Gasteiger partial charge in [-0.15, -0.1) is 0 Å². The monoisotopic (exact) mass is 580 g/mol. The molecule has 2 fully saturated rings. The standard InChI is InChI=1S/C26H28O15/c27-5-13-18(33)21(36)23(38)26(41-13)15-19(34)14-10(30)4-12(7-1-2-8(28)9(29)3-7)40-24(14)16(20(15)35)25-22(37)17(32)11(31)6-39-25/h1-4,11,13,17-18,21-23,25-29,31-38H,5-6H2/t11-,13+,17+,18+,21-,22+,23+,25-,26-/m0/s1. The Kier molecular flexibility index (Phi) is 7.58. The van der Waals surface area contributed by atoms with E-state index in [1.54, 1.807) is 0 Å². The van der Waals surface area contributed by atoms with E-state index >= 15 is 0 Å². The fourth-order valence-electron chi connectivity index (χ4n) is 5.16. The van der Waals surface area contributed by atoms with Gasteiger partial charge >= 0.3 is 0 Å². The van der Waals surface area contributed by atoms with E-state index in [4.69, 9.17) is 13.9 Å². The predicted molar refractivity (Wildman–Crippen MR) is 134 cm³/mol. The third kappa shape index (κ3) is 4.66. The SMILES string of the molecule is O=c1cc(-c2ccc(O)c(O)c2)oc2c([C@@H]3OC[C@H](O)[C@@H](O)[C@H]3O)c(O)c([C@@H]3O[C@H](CO)[C@@H](O)[C@H](O)[C@H]3O)c(O)c12. The van der Waals surface area contributed by atoms with E-state index in [0.717, 1.165) is 18.2 Å². The summed E-state index contributed by atoms with van der Waals surface area (Å²) in [6.45, 7) is -1.39. The number of hydrogen-bond acceptors (Lipinski definition) is 15. The number of aromatic hydroxyl groups is 4. The number of hydrogen-bond donors (Lipinski definition) is 11. The number of rotatable bonds is 4. The first-order valence-electron chi connectivity index (χ1n) is 12.4. The van der Waals surface area contributed by atoms with Gasteiger partial charge in [0.1, 0.15) is 77.6 Å². The van der Waals surface area contributed by atoms with Gasteiger partial charge in [0.2, 0.25) is 0 Å². The molecule has 5 rings (SSSR count). The molecular weight excluding hydrogens is 552 g/mol. The van der Waals surface area contributed by atoms with E-state index in [1.165, 1.54) is 6.07 Å². The minimum Gasteiger partial charge on any atom is -0.507 e. The summed E-state index contributed by atoms with van der Waals surface area (Å²) in [7, 11) is 0. The second kappa shape index (κ2) is 10.7. The topological polar surface area (TPSA) is 271 Å². The number of ether oxygens (including phenoxy) is 2. The Morgan fingerprint density at radius 2 is 1.44 bits per heavy atom. The minimum absolute atomic E-state index is 0.0720. The molecule has 0 saturated carbocycles. The summed E-state index contributed by atoms with van der Waals surface area (Å²) in [5.74, 6) is -3.21. The van der Waals surface area contributed by atoms with Crippen LogP contribution in [0.3, 0.4) is 0 Å². The molecule has 11 N–H and O–H groups in total. The normalized spacial score (nSPS) is 32.3. The van der Waals surface area contributed by atoms with Crippen LogP contribution in [-0.2, 0) is 9.47 Å². The molecule has 3 heterocycles. The van der Waals surface area contributed by atoms with E-state index in [-0.39, 0.29) is 11.3 Å². The molecule has 0 amide bonds. The molecular formula is C26H28O15. The highest BCUT2D eigenvalue weighted by Crippen LogP contribution is 2.50. The second-order valence-corrected chi connectivity index (χ2v) is 9.96. The van der Waals surface area contributed by atoms with Gasteiger partial charge < -0.3 is 70.1 Å². The van der Waals surface area contributed by atoms with E-state index in [1.807, 2.05) is 0 Å². The lowest BCUT2D eigenvalue weighted by Crippen LogP contribution is -2.55. The molecule has 222 valence electrons. The molecule has 15 nitrogen and oxygen atoms in total. The smallest absolute Gasteiger partial charge is 0.197 e. The Morgan fingerprint density at radius 1 is 0.756 bits per heavy atom. The first-order chi connectivity index (χ1) is 19.4. The Labute approximate surface area is 229 Å². The highest BCUT2D eigenvalue weighted by Gasteiger charge is 2.48. The fraction of sp³-hybridized carbons (Fsp3) is 0.423. The van der Waals surface area contributed by atoms with Crippen LogP contribution in [0.15, 0.2) is 33.5 Å². The predicted octanol–water partition coefficient (Wildman–Crippen LogP) is -2.05. The van der Waals surface area contributed by atoms with Crippen LogP contribution in [0.2, 0.25) is 0 Å².